The molecule has 2 aromatic carbocycles. The van der Waals surface area contributed by atoms with Gasteiger partial charge in [-0.15, -0.1) is 6.42 Å². The minimum atomic E-state index is -3.75. The Balaban J connectivity index is 1.89. The van der Waals surface area contributed by atoms with E-state index in [0.717, 1.165) is 5.69 Å². The Morgan fingerprint density at radius 2 is 1.75 bits per heavy atom. The lowest BCUT2D eigenvalue weighted by molar-refractivity contribution is 0.102. The number of terminal acetylenes is 1. The van der Waals surface area contributed by atoms with Gasteiger partial charge in [0.05, 0.1) is 22.8 Å². The number of sulfonamides is 1. The van der Waals surface area contributed by atoms with E-state index in [1.807, 2.05) is 20.8 Å². The highest BCUT2D eigenvalue weighted by molar-refractivity contribution is 7.89. The maximum Gasteiger partial charge on any atom is 0.256 e. The topological polar surface area (TPSA) is 93.1 Å². The van der Waals surface area contributed by atoms with Crippen LogP contribution in [0.25, 0.3) is 5.69 Å². The molecule has 0 unspecified atom stereocenters. The fourth-order valence-corrected chi connectivity index (χ4v) is 3.74. The Kier molecular flexibility index (Phi) is 6.48. The van der Waals surface area contributed by atoms with Crippen LogP contribution in [0.4, 0.5) is 10.2 Å². The highest BCUT2D eigenvalue weighted by Crippen LogP contribution is 2.27. The molecule has 9 heteroatoms. The molecule has 0 fully saturated rings. The van der Waals surface area contributed by atoms with E-state index in [-0.39, 0.29) is 28.2 Å². The summed E-state index contributed by atoms with van der Waals surface area (Å²) in [5, 5.41) is 7.38. The van der Waals surface area contributed by atoms with Crippen LogP contribution in [0.15, 0.2) is 59.5 Å². The summed E-state index contributed by atoms with van der Waals surface area (Å²) in [5.74, 6) is 1.77. The average Bonchev–Trinajstić information content (AvgIpc) is 3.17. The molecule has 0 saturated heterocycles. The number of benzene rings is 2. The van der Waals surface area contributed by atoms with Crippen molar-refractivity contribution in [2.45, 2.75) is 31.1 Å². The van der Waals surface area contributed by atoms with Crippen molar-refractivity contribution in [1.29, 1.82) is 0 Å². The number of carbonyl (C=O) groups excluding carboxylic acids is 1. The second kappa shape index (κ2) is 8.94. The van der Waals surface area contributed by atoms with Crippen molar-refractivity contribution in [2.75, 3.05) is 11.9 Å². The van der Waals surface area contributed by atoms with Crippen LogP contribution >= 0.6 is 0 Å². The summed E-state index contributed by atoms with van der Waals surface area (Å²) in [6.45, 7) is 5.84. The molecule has 0 aliphatic heterocycles. The first-order valence-electron chi connectivity index (χ1n) is 9.72. The highest BCUT2D eigenvalue weighted by Gasteiger charge is 2.22. The molecule has 7 nitrogen and oxygen atoms in total. The Morgan fingerprint density at radius 1 is 1.12 bits per heavy atom. The second-order valence-electron chi connectivity index (χ2n) is 8.06. The predicted molar refractivity (Wildman–Crippen MR) is 121 cm³/mol. The number of hydrogen-bond acceptors (Lipinski definition) is 4. The third-order valence-electron chi connectivity index (χ3n) is 4.58. The molecule has 0 bridgehead atoms. The molecule has 166 valence electrons. The molecule has 1 amide bonds. The molecule has 0 spiro atoms. The van der Waals surface area contributed by atoms with Crippen LogP contribution in [-0.4, -0.2) is 30.7 Å². The first-order valence-corrected chi connectivity index (χ1v) is 11.2. The first kappa shape index (κ1) is 23.2. The summed E-state index contributed by atoms with van der Waals surface area (Å²) >= 11 is 0. The standard InChI is InChI=1S/C23H23FN4O3S/c1-5-14-25-32(30,31)19-12-6-16(7-13-19)22(29)26-21-15-20(23(2,3)4)27-28(21)18-10-8-17(24)9-11-18/h1,6-13,15,25H,14H2,2-4H3,(H,26,29). The van der Waals surface area contributed by atoms with Crippen LogP contribution in [0.2, 0.25) is 0 Å². The maximum atomic E-state index is 13.4. The lowest BCUT2D eigenvalue weighted by atomic mass is 9.92. The normalized spacial score (nSPS) is 11.7. The molecule has 0 atom stereocenters. The number of amides is 1. The molecular weight excluding hydrogens is 431 g/mol. The molecule has 0 saturated carbocycles. The van der Waals surface area contributed by atoms with E-state index in [9.17, 15) is 17.6 Å². The van der Waals surface area contributed by atoms with Crippen molar-refractivity contribution >= 4 is 21.7 Å². The number of aromatic nitrogens is 2. The molecule has 2 N–H and O–H groups in total. The van der Waals surface area contributed by atoms with Crippen molar-refractivity contribution in [3.8, 4) is 18.0 Å². The van der Waals surface area contributed by atoms with Crippen molar-refractivity contribution in [3.63, 3.8) is 0 Å². The van der Waals surface area contributed by atoms with Crippen LogP contribution in [0.1, 0.15) is 36.8 Å². The second-order valence-corrected chi connectivity index (χ2v) is 9.83. The Bertz CT molecular complexity index is 1270. The smallest absolute Gasteiger partial charge is 0.256 e. The van der Waals surface area contributed by atoms with E-state index >= 15 is 0 Å². The zero-order valence-corrected chi connectivity index (χ0v) is 18.7. The molecule has 32 heavy (non-hydrogen) atoms. The number of anilines is 1. The van der Waals surface area contributed by atoms with E-state index < -0.39 is 15.9 Å². The van der Waals surface area contributed by atoms with Gasteiger partial charge in [0.25, 0.3) is 5.91 Å². The van der Waals surface area contributed by atoms with Crippen LogP contribution in [0, 0.1) is 18.2 Å². The van der Waals surface area contributed by atoms with Gasteiger partial charge in [0.2, 0.25) is 10.0 Å². The van der Waals surface area contributed by atoms with Gasteiger partial charge in [-0.1, -0.05) is 26.7 Å². The molecular formula is C23H23FN4O3S. The van der Waals surface area contributed by atoms with Gasteiger partial charge in [-0.3, -0.25) is 4.79 Å². The van der Waals surface area contributed by atoms with Crippen LogP contribution in [0.3, 0.4) is 0 Å². The first-order chi connectivity index (χ1) is 15.0. The van der Waals surface area contributed by atoms with Gasteiger partial charge in [-0.2, -0.15) is 9.82 Å². The molecule has 1 aromatic heterocycles. The molecule has 3 aromatic rings. The lowest BCUT2D eigenvalue weighted by Gasteiger charge is -2.14. The summed E-state index contributed by atoms with van der Waals surface area (Å²) in [7, 11) is -3.75. The minimum Gasteiger partial charge on any atom is -0.306 e. The third kappa shape index (κ3) is 5.22. The van der Waals surface area contributed by atoms with Crippen molar-refractivity contribution < 1.29 is 17.6 Å². The average molecular weight is 455 g/mol. The molecule has 0 radical (unpaired) electrons. The van der Waals surface area contributed by atoms with E-state index in [1.165, 1.54) is 41.1 Å². The van der Waals surface area contributed by atoms with Gasteiger partial charge >= 0.3 is 0 Å². The van der Waals surface area contributed by atoms with E-state index in [0.29, 0.717) is 11.5 Å². The zero-order valence-electron chi connectivity index (χ0n) is 17.9. The van der Waals surface area contributed by atoms with E-state index in [1.54, 1.807) is 18.2 Å². The van der Waals surface area contributed by atoms with Crippen LogP contribution in [0.5, 0.6) is 0 Å². The molecule has 3 rings (SSSR count). The fourth-order valence-electron chi connectivity index (χ4n) is 2.81. The third-order valence-corrected chi connectivity index (χ3v) is 6.00. The van der Waals surface area contributed by atoms with Gasteiger partial charge < -0.3 is 5.32 Å². The van der Waals surface area contributed by atoms with Gasteiger partial charge in [0, 0.05) is 17.0 Å². The zero-order chi connectivity index (χ0) is 23.5. The van der Waals surface area contributed by atoms with Crippen molar-refractivity contribution in [3.05, 3.63) is 71.7 Å². The van der Waals surface area contributed by atoms with E-state index in [2.05, 4.69) is 21.1 Å². The number of hydrogen-bond donors (Lipinski definition) is 2. The largest absolute Gasteiger partial charge is 0.306 e. The quantitative estimate of drug-likeness (QED) is 0.558. The fraction of sp³-hybridized carbons (Fsp3) is 0.217. The minimum absolute atomic E-state index is 0.00401. The van der Waals surface area contributed by atoms with Crippen molar-refractivity contribution in [2.24, 2.45) is 0 Å². The van der Waals surface area contributed by atoms with E-state index in [4.69, 9.17) is 6.42 Å². The van der Waals surface area contributed by atoms with Crippen LogP contribution in [-0.2, 0) is 15.4 Å². The molecule has 0 aliphatic carbocycles. The summed E-state index contributed by atoms with van der Waals surface area (Å²) < 4.78 is 41.4. The Morgan fingerprint density at radius 3 is 2.31 bits per heavy atom. The lowest BCUT2D eigenvalue weighted by Crippen LogP contribution is -2.24. The number of carbonyl (C=O) groups is 1. The SMILES string of the molecule is C#CCNS(=O)(=O)c1ccc(C(=O)Nc2cc(C(C)(C)C)nn2-c2ccc(F)cc2)cc1. The Labute approximate surface area is 186 Å². The summed E-state index contributed by atoms with van der Waals surface area (Å²) in [6.07, 6.45) is 5.09. The maximum absolute atomic E-state index is 13.4. The monoisotopic (exact) mass is 454 g/mol. The summed E-state index contributed by atoms with van der Waals surface area (Å²) in [5.41, 5.74) is 1.29. The number of nitrogens with zero attached hydrogens (tertiary/aromatic N) is 2. The van der Waals surface area contributed by atoms with Gasteiger partial charge in [-0.25, -0.2) is 17.5 Å². The summed E-state index contributed by atoms with van der Waals surface area (Å²) in [6, 6.07) is 13.0. The van der Waals surface area contributed by atoms with Gasteiger partial charge in [0.1, 0.15) is 11.6 Å². The van der Waals surface area contributed by atoms with Crippen LogP contribution < -0.4 is 10.0 Å². The molecule has 0 aliphatic rings. The number of nitrogens with one attached hydrogen (secondary N) is 2. The molecule has 1 heterocycles. The predicted octanol–water partition coefficient (Wildman–Crippen LogP) is 3.47. The number of halogens is 1. The number of rotatable bonds is 6. The Hall–Kier alpha value is -3.48. The highest BCUT2D eigenvalue weighted by atomic mass is 32.2. The summed E-state index contributed by atoms with van der Waals surface area (Å²) in [4.78, 5) is 12.8. The van der Waals surface area contributed by atoms with Crippen molar-refractivity contribution in [1.82, 2.24) is 14.5 Å². The van der Waals surface area contributed by atoms with Gasteiger partial charge in [-0.05, 0) is 48.5 Å². The van der Waals surface area contributed by atoms with Gasteiger partial charge in [0.15, 0.2) is 0 Å².